The summed E-state index contributed by atoms with van der Waals surface area (Å²) in [5.41, 5.74) is -0.395. The van der Waals surface area contributed by atoms with Crippen molar-refractivity contribution in [1.82, 2.24) is 10.6 Å². The summed E-state index contributed by atoms with van der Waals surface area (Å²) in [5.74, 6) is 0.0608. The summed E-state index contributed by atoms with van der Waals surface area (Å²) in [6.45, 7) is 3.56. The second-order valence-corrected chi connectivity index (χ2v) is 4.05. The third kappa shape index (κ3) is 2.96. The average Bonchev–Trinajstić information content (AvgIpc) is 2.19. The zero-order valence-corrected chi connectivity index (χ0v) is 8.81. The molecule has 1 heterocycles. The van der Waals surface area contributed by atoms with Crippen molar-refractivity contribution in [3.63, 3.8) is 0 Å². The van der Waals surface area contributed by atoms with Gasteiger partial charge in [0.05, 0.1) is 5.54 Å². The minimum absolute atomic E-state index is 0.0608. The molecule has 1 saturated heterocycles. The lowest BCUT2D eigenvalue weighted by atomic mass is 9.90. The van der Waals surface area contributed by atoms with Crippen LogP contribution in [0.4, 0.5) is 0 Å². The van der Waals surface area contributed by atoms with Gasteiger partial charge < -0.3 is 15.7 Å². The summed E-state index contributed by atoms with van der Waals surface area (Å²) in [6, 6.07) is 0. The number of hydrogen-bond acceptors (Lipinski definition) is 3. The van der Waals surface area contributed by atoms with E-state index >= 15 is 0 Å². The lowest BCUT2D eigenvalue weighted by Gasteiger charge is -2.33. The Morgan fingerprint density at radius 3 is 2.93 bits per heavy atom. The van der Waals surface area contributed by atoms with Crippen LogP contribution in [0.5, 0.6) is 0 Å². The van der Waals surface area contributed by atoms with Gasteiger partial charge in [-0.15, -0.1) is 0 Å². The quantitative estimate of drug-likeness (QED) is 0.561. The van der Waals surface area contributed by atoms with Crippen LogP contribution in [0.25, 0.3) is 0 Å². The highest BCUT2D eigenvalue weighted by Crippen LogP contribution is 2.18. The summed E-state index contributed by atoms with van der Waals surface area (Å²) >= 11 is 0. The molecule has 1 rings (SSSR count). The molecule has 0 radical (unpaired) electrons. The van der Waals surface area contributed by atoms with Gasteiger partial charge in [-0.25, -0.2) is 0 Å². The summed E-state index contributed by atoms with van der Waals surface area (Å²) in [4.78, 5) is 11.7. The zero-order chi connectivity index (χ0) is 10.4. The summed E-state index contributed by atoms with van der Waals surface area (Å²) in [6.07, 6.45) is 3.79. The summed E-state index contributed by atoms with van der Waals surface area (Å²) < 4.78 is 0. The Bertz CT molecular complexity index is 189. The fraction of sp³-hybridized carbons (Fsp3) is 0.900. The minimum atomic E-state index is -0.395. The standard InChI is InChI=1S/C10H20N2O2/c1-10(5-2-3-7-12-10)9(14)11-6-4-8-13/h12-13H,2-8H2,1H3,(H,11,14). The number of aliphatic hydroxyl groups is 1. The van der Waals surface area contributed by atoms with Crippen LogP contribution in [-0.4, -0.2) is 36.2 Å². The van der Waals surface area contributed by atoms with Gasteiger partial charge in [0.1, 0.15) is 0 Å². The Hall–Kier alpha value is -0.610. The fourth-order valence-corrected chi connectivity index (χ4v) is 1.73. The molecule has 1 amide bonds. The molecule has 1 unspecified atom stereocenters. The Balaban J connectivity index is 2.33. The van der Waals surface area contributed by atoms with E-state index in [1.165, 1.54) is 0 Å². The lowest BCUT2D eigenvalue weighted by Crippen LogP contribution is -2.57. The van der Waals surface area contributed by atoms with Gasteiger partial charge in [0.25, 0.3) is 0 Å². The molecule has 0 spiro atoms. The molecule has 0 aromatic heterocycles. The van der Waals surface area contributed by atoms with Gasteiger partial charge in [-0.1, -0.05) is 0 Å². The Morgan fingerprint density at radius 2 is 2.36 bits per heavy atom. The molecule has 14 heavy (non-hydrogen) atoms. The van der Waals surface area contributed by atoms with Gasteiger partial charge >= 0.3 is 0 Å². The maximum atomic E-state index is 11.7. The largest absolute Gasteiger partial charge is 0.396 e. The number of carbonyl (C=O) groups is 1. The average molecular weight is 200 g/mol. The number of rotatable bonds is 4. The van der Waals surface area contributed by atoms with E-state index in [2.05, 4.69) is 10.6 Å². The molecule has 0 aliphatic carbocycles. The Kier molecular flexibility index (Phi) is 4.35. The number of carbonyl (C=O) groups excluding carboxylic acids is 1. The van der Waals surface area contributed by atoms with Crippen molar-refractivity contribution in [2.24, 2.45) is 0 Å². The van der Waals surface area contributed by atoms with E-state index in [9.17, 15) is 4.79 Å². The van der Waals surface area contributed by atoms with E-state index in [1.54, 1.807) is 0 Å². The maximum absolute atomic E-state index is 11.7. The minimum Gasteiger partial charge on any atom is -0.396 e. The van der Waals surface area contributed by atoms with E-state index in [4.69, 9.17) is 5.11 Å². The first-order valence-electron chi connectivity index (χ1n) is 5.33. The van der Waals surface area contributed by atoms with Crippen molar-refractivity contribution in [3.8, 4) is 0 Å². The van der Waals surface area contributed by atoms with Gasteiger partial charge in [-0.3, -0.25) is 4.79 Å². The third-order valence-electron chi connectivity index (χ3n) is 2.74. The van der Waals surface area contributed by atoms with Crippen LogP contribution in [0.3, 0.4) is 0 Å². The van der Waals surface area contributed by atoms with Crippen molar-refractivity contribution in [3.05, 3.63) is 0 Å². The molecule has 0 saturated carbocycles. The number of aliphatic hydroxyl groups excluding tert-OH is 1. The highest BCUT2D eigenvalue weighted by atomic mass is 16.3. The smallest absolute Gasteiger partial charge is 0.240 e. The number of piperidine rings is 1. The number of amides is 1. The maximum Gasteiger partial charge on any atom is 0.240 e. The molecule has 1 aliphatic heterocycles. The second kappa shape index (κ2) is 5.32. The highest BCUT2D eigenvalue weighted by molar-refractivity contribution is 5.85. The van der Waals surface area contributed by atoms with Crippen molar-refractivity contribution < 1.29 is 9.90 Å². The molecule has 82 valence electrons. The zero-order valence-electron chi connectivity index (χ0n) is 8.81. The third-order valence-corrected chi connectivity index (χ3v) is 2.74. The molecule has 0 bridgehead atoms. The van der Waals surface area contributed by atoms with E-state index in [0.29, 0.717) is 13.0 Å². The van der Waals surface area contributed by atoms with E-state index in [-0.39, 0.29) is 12.5 Å². The van der Waals surface area contributed by atoms with Crippen molar-refractivity contribution in [2.75, 3.05) is 19.7 Å². The molecular formula is C10H20N2O2. The van der Waals surface area contributed by atoms with E-state index in [1.807, 2.05) is 6.92 Å². The number of hydrogen-bond donors (Lipinski definition) is 3. The van der Waals surface area contributed by atoms with Crippen LogP contribution in [0.1, 0.15) is 32.6 Å². The molecule has 1 fully saturated rings. The first-order chi connectivity index (χ1) is 6.69. The molecule has 1 aliphatic rings. The van der Waals surface area contributed by atoms with Crippen LogP contribution in [0, 0.1) is 0 Å². The monoisotopic (exact) mass is 200 g/mol. The molecule has 0 aromatic rings. The van der Waals surface area contributed by atoms with Gasteiger partial charge in [-0.2, -0.15) is 0 Å². The number of nitrogens with one attached hydrogen (secondary N) is 2. The predicted octanol–water partition coefficient (Wildman–Crippen LogP) is 0.0172. The molecule has 1 atom stereocenters. The van der Waals surface area contributed by atoms with Gasteiger partial charge in [-0.05, 0) is 39.2 Å². The summed E-state index contributed by atoms with van der Waals surface area (Å²) in [7, 11) is 0. The van der Waals surface area contributed by atoms with E-state index in [0.717, 1.165) is 25.8 Å². The van der Waals surface area contributed by atoms with Crippen LogP contribution < -0.4 is 10.6 Å². The van der Waals surface area contributed by atoms with Gasteiger partial charge in [0.15, 0.2) is 0 Å². The normalized spacial score (nSPS) is 27.3. The Labute approximate surface area is 85.1 Å². The Morgan fingerprint density at radius 1 is 1.57 bits per heavy atom. The van der Waals surface area contributed by atoms with Gasteiger partial charge in [0, 0.05) is 13.2 Å². The fourth-order valence-electron chi connectivity index (χ4n) is 1.73. The molecule has 4 heteroatoms. The van der Waals surface area contributed by atoms with Crippen LogP contribution in [0.15, 0.2) is 0 Å². The molecular weight excluding hydrogens is 180 g/mol. The second-order valence-electron chi connectivity index (χ2n) is 4.05. The first kappa shape index (κ1) is 11.5. The topological polar surface area (TPSA) is 61.4 Å². The molecule has 0 aromatic carbocycles. The van der Waals surface area contributed by atoms with Gasteiger partial charge in [0.2, 0.25) is 5.91 Å². The SMILES string of the molecule is CC1(C(=O)NCCCO)CCCCN1. The highest BCUT2D eigenvalue weighted by Gasteiger charge is 2.33. The van der Waals surface area contributed by atoms with Crippen LogP contribution in [-0.2, 0) is 4.79 Å². The van der Waals surface area contributed by atoms with Crippen molar-refractivity contribution in [1.29, 1.82) is 0 Å². The van der Waals surface area contributed by atoms with Crippen molar-refractivity contribution in [2.45, 2.75) is 38.1 Å². The van der Waals surface area contributed by atoms with Crippen molar-refractivity contribution >= 4 is 5.91 Å². The van der Waals surface area contributed by atoms with E-state index < -0.39 is 5.54 Å². The first-order valence-corrected chi connectivity index (χ1v) is 5.33. The molecule has 4 nitrogen and oxygen atoms in total. The summed E-state index contributed by atoms with van der Waals surface area (Å²) in [5, 5.41) is 14.7. The lowest BCUT2D eigenvalue weighted by molar-refractivity contribution is -0.127. The van der Waals surface area contributed by atoms with Crippen LogP contribution in [0.2, 0.25) is 0 Å². The predicted molar refractivity (Wildman–Crippen MR) is 55.0 cm³/mol. The van der Waals surface area contributed by atoms with Crippen LogP contribution >= 0.6 is 0 Å². The molecule has 3 N–H and O–H groups in total.